The molecule has 1 unspecified atom stereocenters. The summed E-state index contributed by atoms with van der Waals surface area (Å²) in [6, 6.07) is 13.4. The van der Waals surface area contributed by atoms with Gasteiger partial charge in [0.2, 0.25) is 15.9 Å². The molecule has 1 aliphatic rings. The first-order chi connectivity index (χ1) is 15.3. The number of carbonyl (C=O) groups excluding carboxylic acids is 1. The number of anilines is 3. The van der Waals surface area contributed by atoms with Crippen LogP contribution in [0, 0.1) is 0 Å². The molecule has 0 spiro atoms. The molecule has 1 aliphatic heterocycles. The molecule has 0 bridgehead atoms. The number of amides is 1. The molecule has 0 aromatic heterocycles. The monoisotopic (exact) mass is 461 g/mol. The Kier molecular flexibility index (Phi) is 7.98. The Balaban J connectivity index is 1.77. The third-order valence-corrected chi connectivity index (χ3v) is 6.42. The van der Waals surface area contributed by atoms with Gasteiger partial charge < -0.3 is 19.7 Å². The molecule has 0 aliphatic carbocycles. The van der Waals surface area contributed by atoms with Crippen molar-refractivity contribution < 1.29 is 22.7 Å². The highest BCUT2D eigenvalue weighted by atomic mass is 32.2. The lowest BCUT2D eigenvalue weighted by Gasteiger charge is -2.30. The van der Waals surface area contributed by atoms with Crippen LogP contribution in [-0.4, -0.2) is 59.5 Å². The first-order valence-electron chi connectivity index (χ1n) is 10.8. The maximum Gasteiger partial charge on any atom is 0.248 e. The normalized spacial score (nSPS) is 15.2. The van der Waals surface area contributed by atoms with E-state index in [0.717, 1.165) is 25.0 Å². The second-order valence-electron chi connectivity index (χ2n) is 7.55. The summed E-state index contributed by atoms with van der Waals surface area (Å²) in [4.78, 5) is 15.3. The Morgan fingerprint density at radius 3 is 2.25 bits per heavy atom. The fourth-order valence-electron chi connectivity index (χ4n) is 3.72. The minimum Gasteiger partial charge on any atom is -0.494 e. The van der Waals surface area contributed by atoms with Crippen LogP contribution in [0.25, 0.3) is 0 Å². The molecule has 32 heavy (non-hydrogen) atoms. The summed E-state index contributed by atoms with van der Waals surface area (Å²) in [5, 5.41) is 2.86. The van der Waals surface area contributed by atoms with Crippen molar-refractivity contribution >= 4 is 33.0 Å². The maximum absolute atomic E-state index is 13.1. The van der Waals surface area contributed by atoms with E-state index in [1.54, 1.807) is 31.2 Å². The van der Waals surface area contributed by atoms with Crippen LogP contribution in [0.4, 0.5) is 17.1 Å². The Labute approximate surface area is 190 Å². The number of rotatable bonds is 9. The predicted octanol–water partition coefficient (Wildman–Crippen LogP) is 3.11. The Morgan fingerprint density at radius 2 is 1.72 bits per heavy atom. The topological polar surface area (TPSA) is 88.2 Å². The number of benzene rings is 2. The summed E-state index contributed by atoms with van der Waals surface area (Å²) in [5.74, 6) is 0.258. The van der Waals surface area contributed by atoms with E-state index in [9.17, 15) is 13.2 Å². The average molecular weight is 462 g/mol. The lowest BCUT2D eigenvalue weighted by molar-refractivity contribution is -0.117. The summed E-state index contributed by atoms with van der Waals surface area (Å²) >= 11 is 0. The van der Waals surface area contributed by atoms with E-state index in [0.29, 0.717) is 43.4 Å². The van der Waals surface area contributed by atoms with Gasteiger partial charge in [0, 0.05) is 24.5 Å². The van der Waals surface area contributed by atoms with Crippen LogP contribution < -0.4 is 19.3 Å². The molecular weight excluding hydrogens is 430 g/mol. The quantitative estimate of drug-likeness (QED) is 0.617. The Hall–Kier alpha value is -2.78. The van der Waals surface area contributed by atoms with Gasteiger partial charge in [0.05, 0.1) is 31.8 Å². The first-order valence-corrected chi connectivity index (χ1v) is 12.6. The molecule has 0 saturated carbocycles. The summed E-state index contributed by atoms with van der Waals surface area (Å²) in [7, 11) is -3.70. The lowest BCUT2D eigenvalue weighted by Crippen LogP contribution is -2.47. The van der Waals surface area contributed by atoms with Crippen LogP contribution >= 0.6 is 0 Å². The number of carbonyl (C=O) groups is 1. The van der Waals surface area contributed by atoms with Crippen molar-refractivity contribution in [1.29, 1.82) is 0 Å². The van der Waals surface area contributed by atoms with Gasteiger partial charge in [-0.3, -0.25) is 9.10 Å². The van der Waals surface area contributed by atoms with Gasteiger partial charge in [0.1, 0.15) is 11.8 Å². The summed E-state index contributed by atoms with van der Waals surface area (Å²) in [5.41, 5.74) is 2.09. The average Bonchev–Trinajstić information content (AvgIpc) is 2.78. The van der Waals surface area contributed by atoms with Crippen LogP contribution in [0.15, 0.2) is 48.5 Å². The number of hydrogen-bond acceptors (Lipinski definition) is 6. The molecule has 1 fully saturated rings. The Bertz CT molecular complexity index is 987. The van der Waals surface area contributed by atoms with Crippen LogP contribution in [0.3, 0.4) is 0 Å². The van der Waals surface area contributed by atoms with Crippen molar-refractivity contribution in [3.63, 3.8) is 0 Å². The zero-order valence-corrected chi connectivity index (χ0v) is 19.6. The standard InChI is InChI=1S/C23H31N3O5S/c1-4-22(26(32(3,28)29)20-10-12-21(13-11-20)31-5-2)23(27)24-18-6-8-19(9-7-18)25-14-16-30-17-15-25/h6-13,22H,4-5,14-17H2,1-3H3,(H,24,27). The van der Waals surface area contributed by atoms with E-state index in [2.05, 4.69) is 10.2 Å². The molecule has 1 saturated heterocycles. The summed E-state index contributed by atoms with van der Waals surface area (Å²) in [6.07, 6.45) is 1.43. The SMILES string of the molecule is CCOc1ccc(N(C(CC)C(=O)Nc2ccc(N3CCOCC3)cc2)S(C)(=O)=O)cc1. The van der Waals surface area contributed by atoms with Gasteiger partial charge in [-0.05, 0) is 61.9 Å². The number of nitrogens with one attached hydrogen (secondary N) is 1. The molecule has 9 heteroatoms. The van der Waals surface area contributed by atoms with Gasteiger partial charge in [0.15, 0.2) is 0 Å². The molecule has 0 radical (unpaired) electrons. The van der Waals surface area contributed by atoms with Crippen molar-refractivity contribution in [3.05, 3.63) is 48.5 Å². The van der Waals surface area contributed by atoms with Gasteiger partial charge in [-0.25, -0.2) is 8.42 Å². The fraction of sp³-hybridized carbons (Fsp3) is 0.435. The number of nitrogens with zero attached hydrogens (tertiary/aromatic N) is 2. The van der Waals surface area contributed by atoms with Crippen LogP contribution in [0.2, 0.25) is 0 Å². The van der Waals surface area contributed by atoms with Crippen molar-refractivity contribution in [2.45, 2.75) is 26.3 Å². The number of morpholine rings is 1. The largest absolute Gasteiger partial charge is 0.494 e. The highest BCUT2D eigenvalue weighted by Crippen LogP contribution is 2.26. The molecule has 3 rings (SSSR count). The van der Waals surface area contributed by atoms with Gasteiger partial charge in [-0.2, -0.15) is 0 Å². The van der Waals surface area contributed by atoms with E-state index >= 15 is 0 Å². The zero-order chi connectivity index (χ0) is 23.1. The molecule has 1 heterocycles. The van der Waals surface area contributed by atoms with Gasteiger partial charge >= 0.3 is 0 Å². The van der Waals surface area contributed by atoms with Gasteiger partial charge in [0.25, 0.3) is 0 Å². The summed E-state index contributed by atoms with van der Waals surface area (Å²) < 4.78 is 37.2. The molecule has 174 valence electrons. The third-order valence-electron chi connectivity index (χ3n) is 5.24. The van der Waals surface area contributed by atoms with Crippen molar-refractivity contribution in [2.75, 3.05) is 53.7 Å². The minimum absolute atomic E-state index is 0.317. The Morgan fingerprint density at radius 1 is 1.09 bits per heavy atom. The zero-order valence-electron chi connectivity index (χ0n) is 18.8. The van der Waals surface area contributed by atoms with Crippen molar-refractivity contribution in [3.8, 4) is 5.75 Å². The van der Waals surface area contributed by atoms with E-state index in [-0.39, 0.29) is 5.91 Å². The predicted molar refractivity (Wildman–Crippen MR) is 127 cm³/mol. The van der Waals surface area contributed by atoms with Gasteiger partial charge in [-0.15, -0.1) is 0 Å². The molecule has 8 nitrogen and oxygen atoms in total. The van der Waals surface area contributed by atoms with E-state index in [1.165, 1.54) is 4.31 Å². The van der Waals surface area contributed by atoms with E-state index in [1.807, 2.05) is 31.2 Å². The fourth-order valence-corrected chi connectivity index (χ4v) is 4.93. The highest BCUT2D eigenvalue weighted by molar-refractivity contribution is 7.92. The van der Waals surface area contributed by atoms with Crippen LogP contribution in [0.1, 0.15) is 20.3 Å². The molecule has 2 aromatic carbocycles. The van der Waals surface area contributed by atoms with E-state index in [4.69, 9.17) is 9.47 Å². The molecule has 1 atom stereocenters. The van der Waals surface area contributed by atoms with Gasteiger partial charge in [-0.1, -0.05) is 6.92 Å². The second kappa shape index (κ2) is 10.7. The molecule has 1 N–H and O–H groups in total. The highest BCUT2D eigenvalue weighted by Gasteiger charge is 2.31. The minimum atomic E-state index is -3.70. The molecule has 1 amide bonds. The molecular formula is C23H31N3O5S. The third kappa shape index (κ3) is 5.92. The summed E-state index contributed by atoms with van der Waals surface area (Å²) in [6.45, 7) is 7.23. The first kappa shape index (κ1) is 23.9. The number of hydrogen-bond donors (Lipinski definition) is 1. The van der Waals surface area contributed by atoms with Crippen molar-refractivity contribution in [1.82, 2.24) is 0 Å². The smallest absolute Gasteiger partial charge is 0.248 e. The van der Waals surface area contributed by atoms with E-state index < -0.39 is 16.1 Å². The van der Waals surface area contributed by atoms with Crippen molar-refractivity contribution in [2.24, 2.45) is 0 Å². The van der Waals surface area contributed by atoms with Crippen LogP contribution in [0.5, 0.6) is 5.75 Å². The lowest BCUT2D eigenvalue weighted by atomic mass is 10.1. The van der Waals surface area contributed by atoms with Crippen LogP contribution in [-0.2, 0) is 19.6 Å². The number of ether oxygens (including phenoxy) is 2. The molecule has 2 aromatic rings. The second-order valence-corrected chi connectivity index (χ2v) is 9.40. The maximum atomic E-state index is 13.1. The number of sulfonamides is 1.